The van der Waals surface area contributed by atoms with Gasteiger partial charge >= 0.3 is 0 Å². The predicted molar refractivity (Wildman–Crippen MR) is 74.3 cm³/mol. The molecule has 0 heterocycles. The molecule has 0 fully saturated rings. The van der Waals surface area contributed by atoms with Crippen LogP contribution in [-0.2, 0) is 14.6 Å². The van der Waals surface area contributed by atoms with Crippen LogP contribution in [0.4, 0.5) is 0 Å². The molecule has 2 N–H and O–H groups in total. The van der Waals surface area contributed by atoms with Crippen LogP contribution in [0.2, 0.25) is 0 Å². The number of carbonyl (C=O) groups is 1. The summed E-state index contributed by atoms with van der Waals surface area (Å²) in [4.78, 5) is 11.4. The summed E-state index contributed by atoms with van der Waals surface area (Å²) in [5.74, 6) is 0.456. The minimum Gasteiger partial charge on any atom is -0.354 e. The van der Waals surface area contributed by atoms with Crippen molar-refractivity contribution in [3.8, 4) is 0 Å². The van der Waals surface area contributed by atoms with E-state index >= 15 is 0 Å². The normalized spacial score (nSPS) is 13.3. The molecule has 0 rings (SSSR count). The quantitative estimate of drug-likeness (QED) is 0.577. The van der Waals surface area contributed by atoms with Crippen LogP contribution < -0.4 is 10.6 Å². The Balaban J connectivity index is 3.49. The first-order valence-electron chi connectivity index (χ1n) is 6.61. The first-order chi connectivity index (χ1) is 8.41. The second-order valence-electron chi connectivity index (χ2n) is 4.47. The maximum absolute atomic E-state index is 11.4. The molecule has 6 heteroatoms. The number of amides is 1. The average Bonchev–Trinajstić information content (AvgIpc) is 2.33. The third-order valence-corrected chi connectivity index (χ3v) is 4.59. The number of carbonyl (C=O) groups excluding carboxylic acids is 1. The van der Waals surface area contributed by atoms with Crippen molar-refractivity contribution in [3.63, 3.8) is 0 Å². The molecule has 0 aromatic rings. The molecule has 0 aliphatic heterocycles. The van der Waals surface area contributed by atoms with Crippen LogP contribution in [0.5, 0.6) is 0 Å². The van der Waals surface area contributed by atoms with Crippen LogP contribution in [0.25, 0.3) is 0 Å². The van der Waals surface area contributed by atoms with E-state index in [1.165, 1.54) is 0 Å². The summed E-state index contributed by atoms with van der Waals surface area (Å²) in [6, 6.07) is 0.215. The van der Waals surface area contributed by atoms with E-state index in [4.69, 9.17) is 0 Å². The van der Waals surface area contributed by atoms with Crippen LogP contribution in [0.3, 0.4) is 0 Å². The molecule has 0 spiro atoms. The van der Waals surface area contributed by atoms with E-state index in [0.29, 0.717) is 25.9 Å². The van der Waals surface area contributed by atoms with E-state index in [1.807, 2.05) is 13.8 Å². The standard InChI is InChI=1S/C12H26N2O3S/c1-4-11(3)14-12(15)7-9-13-8-6-10-18(16,17)5-2/h11,13H,4-10H2,1-3H3,(H,14,15). The fourth-order valence-corrected chi connectivity index (χ4v) is 2.21. The number of hydrogen-bond donors (Lipinski definition) is 2. The number of rotatable bonds is 10. The van der Waals surface area contributed by atoms with Crippen LogP contribution in [0.1, 0.15) is 40.0 Å². The van der Waals surface area contributed by atoms with Crippen LogP contribution >= 0.6 is 0 Å². The van der Waals surface area contributed by atoms with Crippen LogP contribution in [0.15, 0.2) is 0 Å². The SMILES string of the molecule is CCC(C)NC(=O)CCNCCCS(=O)(=O)CC. The molecule has 0 aromatic heterocycles. The van der Waals surface area contributed by atoms with Gasteiger partial charge in [0.25, 0.3) is 0 Å². The smallest absolute Gasteiger partial charge is 0.221 e. The first-order valence-corrected chi connectivity index (χ1v) is 8.44. The molecule has 0 saturated carbocycles. The van der Waals surface area contributed by atoms with Crippen molar-refractivity contribution >= 4 is 15.7 Å². The van der Waals surface area contributed by atoms with Gasteiger partial charge in [-0.05, 0) is 26.3 Å². The van der Waals surface area contributed by atoms with E-state index < -0.39 is 9.84 Å². The zero-order valence-electron chi connectivity index (χ0n) is 11.7. The molecule has 1 amide bonds. The van der Waals surface area contributed by atoms with E-state index in [9.17, 15) is 13.2 Å². The molecule has 0 radical (unpaired) electrons. The molecular weight excluding hydrogens is 252 g/mol. The Morgan fingerprint density at radius 3 is 2.44 bits per heavy atom. The molecule has 0 bridgehead atoms. The monoisotopic (exact) mass is 278 g/mol. The molecule has 5 nitrogen and oxygen atoms in total. The molecule has 0 aliphatic carbocycles. The maximum Gasteiger partial charge on any atom is 0.221 e. The maximum atomic E-state index is 11.4. The Labute approximate surface area is 111 Å². The Kier molecular flexibility index (Phi) is 9.01. The van der Waals surface area contributed by atoms with Gasteiger partial charge in [-0.1, -0.05) is 13.8 Å². The summed E-state index contributed by atoms with van der Waals surface area (Å²) in [5.41, 5.74) is 0. The van der Waals surface area contributed by atoms with Crippen LogP contribution in [-0.4, -0.2) is 45.0 Å². The lowest BCUT2D eigenvalue weighted by Gasteiger charge is -2.11. The minimum absolute atomic E-state index is 0.0398. The van der Waals surface area contributed by atoms with E-state index in [1.54, 1.807) is 6.92 Å². The average molecular weight is 278 g/mol. The molecule has 108 valence electrons. The van der Waals surface area contributed by atoms with Crippen molar-refractivity contribution in [1.29, 1.82) is 0 Å². The van der Waals surface area contributed by atoms with Gasteiger partial charge in [0.2, 0.25) is 5.91 Å². The van der Waals surface area contributed by atoms with E-state index in [2.05, 4.69) is 10.6 Å². The summed E-state index contributed by atoms with van der Waals surface area (Å²) in [7, 11) is -2.86. The second-order valence-corrected chi connectivity index (χ2v) is 6.94. The highest BCUT2D eigenvalue weighted by molar-refractivity contribution is 7.91. The molecule has 18 heavy (non-hydrogen) atoms. The Morgan fingerprint density at radius 1 is 1.22 bits per heavy atom. The third-order valence-electron chi connectivity index (χ3n) is 2.80. The fourth-order valence-electron chi connectivity index (χ4n) is 1.34. The van der Waals surface area contributed by atoms with Gasteiger partial charge in [-0.3, -0.25) is 4.79 Å². The predicted octanol–water partition coefficient (Wildman–Crippen LogP) is 0.706. The van der Waals surface area contributed by atoms with E-state index in [0.717, 1.165) is 6.42 Å². The number of nitrogens with one attached hydrogen (secondary N) is 2. The van der Waals surface area contributed by atoms with Gasteiger partial charge < -0.3 is 10.6 Å². The van der Waals surface area contributed by atoms with Gasteiger partial charge in [0.05, 0.1) is 5.75 Å². The molecule has 0 aromatic carbocycles. The highest BCUT2D eigenvalue weighted by atomic mass is 32.2. The topological polar surface area (TPSA) is 75.3 Å². The molecule has 0 saturated heterocycles. The van der Waals surface area contributed by atoms with Crippen molar-refractivity contribution < 1.29 is 13.2 Å². The zero-order chi connectivity index (χ0) is 14.0. The molecular formula is C12H26N2O3S. The van der Waals surface area contributed by atoms with Crippen molar-refractivity contribution in [2.45, 2.75) is 46.1 Å². The lowest BCUT2D eigenvalue weighted by Crippen LogP contribution is -2.34. The lowest BCUT2D eigenvalue weighted by molar-refractivity contribution is -0.121. The van der Waals surface area contributed by atoms with Gasteiger partial charge in [-0.15, -0.1) is 0 Å². The lowest BCUT2D eigenvalue weighted by atomic mass is 10.2. The van der Waals surface area contributed by atoms with Crippen LogP contribution in [0, 0.1) is 0 Å². The van der Waals surface area contributed by atoms with Crippen molar-refractivity contribution in [3.05, 3.63) is 0 Å². The highest BCUT2D eigenvalue weighted by Gasteiger charge is 2.07. The number of sulfone groups is 1. The largest absolute Gasteiger partial charge is 0.354 e. The van der Waals surface area contributed by atoms with Gasteiger partial charge in [-0.2, -0.15) is 0 Å². The molecule has 0 aliphatic rings. The van der Waals surface area contributed by atoms with E-state index in [-0.39, 0.29) is 23.5 Å². The van der Waals surface area contributed by atoms with Crippen molar-refractivity contribution in [2.24, 2.45) is 0 Å². The summed E-state index contributed by atoms with van der Waals surface area (Å²) in [6.07, 6.45) is 1.96. The van der Waals surface area contributed by atoms with Crippen molar-refractivity contribution in [1.82, 2.24) is 10.6 Å². The summed E-state index contributed by atoms with van der Waals surface area (Å²) in [6.45, 7) is 6.88. The summed E-state index contributed by atoms with van der Waals surface area (Å²) in [5, 5.41) is 5.96. The second kappa shape index (κ2) is 9.33. The fraction of sp³-hybridized carbons (Fsp3) is 0.917. The highest BCUT2D eigenvalue weighted by Crippen LogP contribution is 1.92. The van der Waals surface area contributed by atoms with Gasteiger partial charge in [0.15, 0.2) is 0 Å². The summed E-state index contributed by atoms with van der Waals surface area (Å²) >= 11 is 0. The van der Waals surface area contributed by atoms with Crippen molar-refractivity contribution in [2.75, 3.05) is 24.6 Å². The third kappa shape index (κ3) is 9.41. The Hall–Kier alpha value is -0.620. The van der Waals surface area contributed by atoms with Gasteiger partial charge in [-0.25, -0.2) is 8.42 Å². The number of hydrogen-bond acceptors (Lipinski definition) is 4. The zero-order valence-corrected chi connectivity index (χ0v) is 12.5. The molecule has 1 atom stereocenters. The minimum atomic E-state index is -2.86. The Bertz CT molecular complexity index is 328. The molecule has 1 unspecified atom stereocenters. The first kappa shape index (κ1) is 17.4. The van der Waals surface area contributed by atoms with Gasteiger partial charge in [0.1, 0.15) is 9.84 Å². The Morgan fingerprint density at radius 2 is 1.89 bits per heavy atom. The van der Waals surface area contributed by atoms with Gasteiger partial charge in [0, 0.05) is 24.8 Å². The summed E-state index contributed by atoms with van der Waals surface area (Å²) < 4.78 is 22.4.